The Morgan fingerprint density at radius 1 is 1.44 bits per heavy atom. The first-order chi connectivity index (χ1) is 4.43. The highest BCUT2D eigenvalue weighted by molar-refractivity contribution is 8.01. The van der Waals surface area contributed by atoms with Crippen molar-refractivity contribution in [2.75, 3.05) is 0 Å². The van der Waals surface area contributed by atoms with Crippen molar-refractivity contribution < 1.29 is 0 Å². The molecule has 1 aliphatic rings. The van der Waals surface area contributed by atoms with Crippen molar-refractivity contribution in [3.05, 3.63) is 41.0 Å². The van der Waals surface area contributed by atoms with E-state index in [0.29, 0.717) is 0 Å². The van der Waals surface area contributed by atoms with Gasteiger partial charge >= 0.3 is 0 Å². The molecule has 0 radical (unpaired) electrons. The van der Waals surface area contributed by atoms with Crippen LogP contribution in [0.2, 0.25) is 0 Å². The largest absolute Gasteiger partial charge is 0.274 e. The average molecular weight is 137 g/mol. The van der Waals surface area contributed by atoms with E-state index >= 15 is 0 Å². The molecule has 9 heavy (non-hydrogen) atoms. The van der Waals surface area contributed by atoms with Gasteiger partial charge < -0.3 is 0 Å². The molecule has 1 aliphatic carbocycles. The van der Waals surface area contributed by atoms with E-state index in [1.807, 2.05) is 30.4 Å². The third-order valence-corrected chi connectivity index (χ3v) is 1.45. The molecule has 0 amide bonds. The van der Waals surface area contributed by atoms with Gasteiger partial charge in [-0.3, -0.25) is 5.14 Å². The van der Waals surface area contributed by atoms with Crippen molar-refractivity contribution >= 4 is 11.9 Å². The van der Waals surface area contributed by atoms with Gasteiger partial charge in [0.15, 0.2) is 0 Å². The van der Waals surface area contributed by atoms with Crippen LogP contribution in [0.1, 0.15) is 0 Å². The van der Waals surface area contributed by atoms with Crippen LogP contribution in [0.25, 0.3) is 0 Å². The monoisotopic (exact) mass is 137 g/mol. The second kappa shape index (κ2) is 3.36. The molecule has 0 aromatic heterocycles. The second-order valence-corrected chi connectivity index (χ2v) is 2.26. The minimum Gasteiger partial charge on any atom is -0.274 e. The molecule has 0 aliphatic heterocycles. The minimum absolute atomic E-state index is 1.03. The molecule has 2 N–H and O–H groups in total. The zero-order valence-corrected chi connectivity index (χ0v) is 5.69. The van der Waals surface area contributed by atoms with E-state index in [0.717, 1.165) is 4.91 Å². The standard InChI is InChI=1S/C7H7NS/c8-9-7-5-3-1-2-4-6-7/h1-3,5-6H,8H2. The summed E-state index contributed by atoms with van der Waals surface area (Å²) >= 11 is 1.23. The van der Waals surface area contributed by atoms with Crippen LogP contribution in [0, 0.1) is 0 Å². The summed E-state index contributed by atoms with van der Waals surface area (Å²) in [5.74, 6) is 0. The molecule has 2 heteroatoms. The molecule has 0 saturated heterocycles. The molecule has 0 spiro atoms. The molecule has 0 saturated carbocycles. The van der Waals surface area contributed by atoms with Gasteiger partial charge in [-0.2, -0.15) is 0 Å². The summed E-state index contributed by atoms with van der Waals surface area (Å²) in [4.78, 5) is 1.03. The van der Waals surface area contributed by atoms with Gasteiger partial charge in [0.2, 0.25) is 0 Å². The molecular weight excluding hydrogens is 130 g/mol. The van der Waals surface area contributed by atoms with E-state index in [4.69, 9.17) is 5.14 Å². The molecule has 46 valence electrons. The lowest BCUT2D eigenvalue weighted by Gasteiger charge is -1.87. The van der Waals surface area contributed by atoms with E-state index in [1.165, 1.54) is 11.9 Å². The van der Waals surface area contributed by atoms with Crippen LogP contribution in [0.3, 0.4) is 0 Å². The Labute approximate surface area is 58.8 Å². The number of hydrogen-bond donors (Lipinski definition) is 1. The van der Waals surface area contributed by atoms with E-state index in [-0.39, 0.29) is 0 Å². The van der Waals surface area contributed by atoms with Crippen LogP contribution in [0.4, 0.5) is 0 Å². The van der Waals surface area contributed by atoms with Crippen molar-refractivity contribution in [1.82, 2.24) is 0 Å². The maximum Gasteiger partial charge on any atom is 0.0302 e. The number of hydrogen-bond acceptors (Lipinski definition) is 2. The molecular formula is C7H7NS. The SMILES string of the molecule is NSC1=CC=CC=C=C1. The quantitative estimate of drug-likeness (QED) is 0.440. The molecule has 0 unspecified atom stereocenters. The zero-order valence-electron chi connectivity index (χ0n) is 4.87. The lowest BCUT2D eigenvalue weighted by molar-refractivity contribution is 1.88. The van der Waals surface area contributed by atoms with Crippen LogP contribution in [0.15, 0.2) is 41.0 Å². The lowest BCUT2D eigenvalue weighted by atomic mass is 10.5. The highest BCUT2D eigenvalue weighted by Gasteiger charge is 1.85. The van der Waals surface area contributed by atoms with Crippen molar-refractivity contribution in [1.29, 1.82) is 0 Å². The average Bonchev–Trinajstić information content (AvgIpc) is 2.13. The second-order valence-electron chi connectivity index (χ2n) is 1.55. The van der Waals surface area contributed by atoms with Gasteiger partial charge in [0, 0.05) is 4.91 Å². The molecule has 0 fully saturated rings. The summed E-state index contributed by atoms with van der Waals surface area (Å²) < 4.78 is 0. The van der Waals surface area contributed by atoms with Gasteiger partial charge in [-0.15, -0.1) is 5.73 Å². The molecule has 0 aromatic carbocycles. The Morgan fingerprint density at radius 3 is 3.11 bits per heavy atom. The first-order valence-corrected chi connectivity index (χ1v) is 3.47. The van der Waals surface area contributed by atoms with Gasteiger partial charge in [-0.05, 0) is 30.2 Å². The molecule has 0 aromatic rings. The summed E-state index contributed by atoms with van der Waals surface area (Å²) in [6.07, 6.45) is 9.50. The van der Waals surface area contributed by atoms with Crippen LogP contribution >= 0.6 is 11.9 Å². The maximum absolute atomic E-state index is 5.30. The maximum atomic E-state index is 5.30. The first kappa shape index (κ1) is 6.43. The van der Waals surface area contributed by atoms with Gasteiger partial charge in [-0.1, -0.05) is 12.2 Å². The third kappa shape index (κ3) is 1.94. The minimum atomic E-state index is 1.03. The van der Waals surface area contributed by atoms with Crippen LogP contribution in [-0.4, -0.2) is 0 Å². The predicted molar refractivity (Wildman–Crippen MR) is 41.7 cm³/mol. The van der Waals surface area contributed by atoms with Crippen LogP contribution < -0.4 is 5.14 Å². The van der Waals surface area contributed by atoms with E-state index in [9.17, 15) is 0 Å². The summed E-state index contributed by atoms with van der Waals surface area (Å²) in [5, 5.41) is 5.30. The topological polar surface area (TPSA) is 26.0 Å². The van der Waals surface area contributed by atoms with Crippen molar-refractivity contribution in [3.63, 3.8) is 0 Å². The smallest absolute Gasteiger partial charge is 0.0302 e. The zero-order chi connectivity index (χ0) is 6.53. The predicted octanol–water partition coefficient (Wildman–Crippen LogP) is 1.76. The van der Waals surface area contributed by atoms with Gasteiger partial charge in [0.1, 0.15) is 0 Å². The van der Waals surface area contributed by atoms with E-state index in [2.05, 4.69) is 5.73 Å². The van der Waals surface area contributed by atoms with Crippen LogP contribution in [-0.2, 0) is 0 Å². The summed E-state index contributed by atoms with van der Waals surface area (Å²) in [6, 6.07) is 0. The Hall–Kier alpha value is -0.690. The first-order valence-electron chi connectivity index (χ1n) is 2.59. The number of allylic oxidation sites excluding steroid dienone is 4. The van der Waals surface area contributed by atoms with Crippen molar-refractivity contribution in [2.45, 2.75) is 0 Å². The Balaban J connectivity index is 2.82. The fourth-order valence-electron chi connectivity index (χ4n) is 0.513. The Morgan fingerprint density at radius 2 is 2.33 bits per heavy atom. The normalized spacial score (nSPS) is 15.4. The summed E-state index contributed by atoms with van der Waals surface area (Å²) in [6.45, 7) is 0. The molecule has 1 nitrogen and oxygen atoms in total. The fraction of sp³-hybridized carbons (Fsp3) is 0. The van der Waals surface area contributed by atoms with Gasteiger partial charge in [0.05, 0.1) is 0 Å². The van der Waals surface area contributed by atoms with Gasteiger partial charge in [0.25, 0.3) is 0 Å². The Kier molecular flexibility index (Phi) is 2.40. The fourth-order valence-corrected chi connectivity index (χ4v) is 0.806. The summed E-state index contributed by atoms with van der Waals surface area (Å²) in [7, 11) is 0. The third-order valence-electron chi connectivity index (χ3n) is 0.926. The number of rotatable bonds is 1. The number of nitrogens with two attached hydrogens (primary N) is 1. The van der Waals surface area contributed by atoms with Crippen molar-refractivity contribution in [2.24, 2.45) is 5.14 Å². The molecule has 0 heterocycles. The van der Waals surface area contributed by atoms with E-state index < -0.39 is 0 Å². The Bertz CT molecular complexity index is 207. The molecule has 0 atom stereocenters. The highest BCUT2D eigenvalue weighted by Crippen LogP contribution is 2.09. The van der Waals surface area contributed by atoms with E-state index in [1.54, 1.807) is 0 Å². The highest BCUT2D eigenvalue weighted by atomic mass is 32.2. The molecule has 0 bridgehead atoms. The molecule has 1 rings (SSSR count). The lowest BCUT2D eigenvalue weighted by Crippen LogP contribution is -1.76. The van der Waals surface area contributed by atoms with Crippen molar-refractivity contribution in [3.8, 4) is 0 Å². The van der Waals surface area contributed by atoms with Gasteiger partial charge in [-0.25, -0.2) is 0 Å². The van der Waals surface area contributed by atoms with Crippen LogP contribution in [0.5, 0.6) is 0 Å². The summed E-state index contributed by atoms with van der Waals surface area (Å²) in [5.41, 5.74) is 2.94.